The van der Waals surface area contributed by atoms with Gasteiger partial charge in [0.25, 0.3) is 5.56 Å². The van der Waals surface area contributed by atoms with E-state index >= 15 is 0 Å². The number of hydrogen-bond donors (Lipinski definition) is 3. The number of H-pyrrole nitrogens is 1. The van der Waals surface area contributed by atoms with Crippen LogP contribution >= 0.6 is 11.6 Å². The van der Waals surface area contributed by atoms with Crippen molar-refractivity contribution in [2.45, 2.75) is 25.3 Å². The fourth-order valence-corrected chi connectivity index (χ4v) is 2.05. The largest absolute Gasteiger partial charge is 0.382 e. The standard InChI is InChI=1S/C10H15ClN4O/c11-9-8(6-14-15-10(9)16)13-5-3-7-2-1-4-12-7/h6-7,12H,1-5H2,(H2,13,15,16)/t7-/m0/s1. The van der Waals surface area contributed by atoms with Gasteiger partial charge in [-0.05, 0) is 25.8 Å². The van der Waals surface area contributed by atoms with Crippen LogP contribution in [0.15, 0.2) is 11.0 Å². The number of anilines is 1. The SMILES string of the molecule is O=c1[nH]ncc(NCC[C@@H]2CCCN2)c1Cl. The van der Waals surface area contributed by atoms with Gasteiger partial charge in [0.1, 0.15) is 5.02 Å². The minimum atomic E-state index is -0.356. The molecular formula is C10H15ClN4O. The van der Waals surface area contributed by atoms with Crippen LogP contribution in [0.25, 0.3) is 0 Å². The molecule has 0 amide bonds. The summed E-state index contributed by atoms with van der Waals surface area (Å²) in [6, 6.07) is 0.584. The van der Waals surface area contributed by atoms with Gasteiger partial charge in [0.2, 0.25) is 0 Å². The molecule has 1 fully saturated rings. The first-order chi connectivity index (χ1) is 7.77. The molecule has 2 rings (SSSR count). The maximum atomic E-state index is 11.2. The Morgan fingerprint density at radius 3 is 3.25 bits per heavy atom. The lowest BCUT2D eigenvalue weighted by Gasteiger charge is -2.11. The van der Waals surface area contributed by atoms with Gasteiger partial charge in [-0.15, -0.1) is 0 Å². The molecule has 2 heterocycles. The molecule has 0 radical (unpaired) electrons. The van der Waals surface area contributed by atoms with Gasteiger partial charge in [-0.2, -0.15) is 5.10 Å². The van der Waals surface area contributed by atoms with Crippen molar-refractivity contribution in [3.05, 3.63) is 21.6 Å². The number of nitrogens with one attached hydrogen (secondary N) is 3. The third-order valence-corrected chi connectivity index (χ3v) is 3.14. The van der Waals surface area contributed by atoms with Gasteiger partial charge in [-0.25, -0.2) is 5.10 Å². The summed E-state index contributed by atoms with van der Waals surface area (Å²) >= 11 is 5.83. The molecule has 0 aliphatic carbocycles. The van der Waals surface area contributed by atoms with Crippen LogP contribution in [0.2, 0.25) is 5.02 Å². The zero-order valence-corrected chi connectivity index (χ0v) is 9.68. The van der Waals surface area contributed by atoms with Gasteiger partial charge in [0.05, 0.1) is 11.9 Å². The van der Waals surface area contributed by atoms with Crippen molar-refractivity contribution in [1.29, 1.82) is 0 Å². The van der Waals surface area contributed by atoms with Crippen molar-refractivity contribution in [2.75, 3.05) is 18.4 Å². The Balaban J connectivity index is 1.84. The third kappa shape index (κ3) is 2.74. The molecule has 0 spiro atoms. The van der Waals surface area contributed by atoms with E-state index in [0.29, 0.717) is 11.7 Å². The highest BCUT2D eigenvalue weighted by atomic mass is 35.5. The smallest absolute Gasteiger partial charge is 0.285 e. The van der Waals surface area contributed by atoms with E-state index in [-0.39, 0.29) is 10.6 Å². The number of aromatic nitrogens is 2. The first-order valence-corrected chi connectivity index (χ1v) is 5.85. The Hall–Kier alpha value is -1.07. The molecule has 1 saturated heterocycles. The zero-order chi connectivity index (χ0) is 11.4. The maximum absolute atomic E-state index is 11.2. The Kier molecular flexibility index (Phi) is 3.79. The summed E-state index contributed by atoms with van der Waals surface area (Å²) in [5.74, 6) is 0. The number of rotatable bonds is 4. The van der Waals surface area contributed by atoms with Crippen molar-refractivity contribution in [1.82, 2.24) is 15.5 Å². The lowest BCUT2D eigenvalue weighted by Crippen LogP contribution is -2.24. The summed E-state index contributed by atoms with van der Waals surface area (Å²) in [6.07, 6.45) is 5.04. The predicted molar refractivity (Wildman–Crippen MR) is 64.0 cm³/mol. The van der Waals surface area contributed by atoms with E-state index in [4.69, 9.17) is 11.6 Å². The van der Waals surface area contributed by atoms with Gasteiger partial charge in [-0.1, -0.05) is 11.6 Å². The molecular weight excluding hydrogens is 228 g/mol. The molecule has 0 aromatic carbocycles. The molecule has 1 aliphatic rings. The number of aromatic amines is 1. The summed E-state index contributed by atoms with van der Waals surface area (Å²) in [7, 11) is 0. The van der Waals surface area contributed by atoms with Crippen LogP contribution in [0.4, 0.5) is 5.69 Å². The molecule has 0 saturated carbocycles. The van der Waals surface area contributed by atoms with Crippen LogP contribution in [0.1, 0.15) is 19.3 Å². The van der Waals surface area contributed by atoms with E-state index in [1.165, 1.54) is 19.0 Å². The molecule has 0 bridgehead atoms. The van der Waals surface area contributed by atoms with Crippen LogP contribution in [0, 0.1) is 0 Å². The predicted octanol–water partition coefficient (Wildman–Crippen LogP) is 0.977. The molecule has 6 heteroatoms. The summed E-state index contributed by atoms with van der Waals surface area (Å²) < 4.78 is 0. The van der Waals surface area contributed by atoms with Gasteiger partial charge in [0.15, 0.2) is 0 Å². The zero-order valence-electron chi connectivity index (χ0n) is 8.92. The average molecular weight is 243 g/mol. The van der Waals surface area contributed by atoms with Gasteiger partial charge in [0, 0.05) is 12.6 Å². The van der Waals surface area contributed by atoms with E-state index in [1.807, 2.05) is 0 Å². The molecule has 88 valence electrons. The maximum Gasteiger partial charge on any atom is 0.285 e. The Morgan fingerprint density at radius 2 is 2.50 bits per heavy atom. The highest BCUT2D eigenvalue weighted by Crippen LogP contribution is 2.15. The molecule has 0 unspecified atom stereocenters. The molecule has 1 aromatic rings. The van der Waals surface area contributed by atoms with Crippen molar-refractivity contribution >= 4 is 17.3 Å². The molecule has 16 heavy (non-hydrogen) atoms. The topological polar surface area (TPSA) is 69.8 Å². The summed E-state index contributed by atoms with van der Waals surface area (Å²) in [5, 5.41) is 12.7. The van der Waals surface area contributed by atoms with Crippen molar-refractivity contribution in [2.24, 2.45) is 0 Å². The summed E-state index contributed by atoms with van der Waals surface area (Å²) in [5.41, 5.74) is 0.245. The van der Waals surface area contributed by atoms with Crippen LogP contribution in [-0.2, 0) is 0 Å². The Labute approximate surface area is 98.6 Å². The fourth-order valence-electron chi connectivity index (χ4n) is 1.89. The van der Waals surface area contributed by atoms with Crippen molar-refractivity contribution in [3.63, 3.8) is 0 Å². The highest BCUT2D eigenvalue weighted by Gasteiger charge is 2.13. The molecule has 1 aromatic heterocycles. The van der Waals surface area contributed by atoms with Crippen LogP contribution < -0.4 is 16.2 Å². The Morgan fingerprint density at radius 1 is 1.62 bits per heavy atom. The lowest BCUT2D eigenvalue weighted by molar-refractivity contribution is 0.574. The second-order valence-corrected chi connectivity index (χ2v) is 4.31. The van der Waals surface area contributed by atoms with Crippen molar-refractivity contribution in [3.8, 4) is 0 Å². The first-order valence-electron chi connectivity index (χ1n) is 5.48. The minimum absolute atomic E-state index is 0.175. The van der Waals surface area contributed by atoms with E-state index in [0.717, 1.165) is 19.5 Å². The minimum Gasteiger partial charge on any atom is -0.382 e. The number of hydrogen-bond acceptors (Lipinski definition) is 4. The Bertz CT molecular complexity index is 400. The average Bonchev–Trinajstić information content (AvgIpc) is 2.77. The molecule has 1 aliphatic heterocycles. The number of halogens is 1. The summed E-state index contributed by atoms with van der Waals surface area (Å²) in [6.45, 7) is 1.90. The number of nitrogens with zero attached hydrogens (tertiary/aromatic N) is 1. The van der Waals surface area contributed by atoms with E-state index in [1.54, 1.807) is 0 Å². The highest BCUT2D eigenvalue weighted by molar-refractivity contribution is 6.32. The third-order valence-electron chi connectivity index (χ3n) is 2.77. The van der Waals surface area contributed by atoms with E-state index in [2.05, 4.69) is 20.8 Å². The normalized spacial score (nSPS) is 19.9. The molecule has 3 N–H and O–H groups in total. The lowest BCUT2D eigenvalue weighted by atomic mass is 10.1. The monoisotopic (exact) mass is 242 g/mol. The second-order valence-electron chi connectivity index (χ2n) is 3.94. The summed E-state index contributed by atoms with van der Waals surface area (Å²) in [4.78, 5) is 11.2. The quantitative estimate of drug-likeness (QED) is 0.736. The first kappa shape index (κ1) is 11.4. The van der Waals surface area contributed by atoms with Gasteiger partial charge >= 0.3 is 0 Å². The van der Waals surface area contributed by atoms with E-state index in [9.17, 15) is 4.79 Å². The van der Waals surface area contributed by atoms with Gasteiger partial charge in [-0.3, -0.25) is 4.79 Å². The molecule has 5 nitrogen and oxygen atoms in total. The van der Waals surface area contributed by atoms with E-state index < -0.39 is 0 Å². The van der Waals surface area contributed by atoms with Crippen LogP contribution in [0.3, 0.4) is 0 Å². The van der Waals surface area contributed by atoms with Crippen LogP contribution in [-0.4, -0.2) is 29.3 Å². The molecule has 1 atom stereocenters. The van der Waals surface area contributed by atoms with Crippen molar-refractivity contribution < 1.29 is 0 Å². The second kappa shape index (κ2) is 5.32. The fraction of sp³-hybridized carbons (Fsp3) is 0.600. The van der Waals surface area contributed by atoms with Gasteiger partial charge < -0.3 is 10.6 Å². The van der Waals surface area contributed by atoms with Crippen LogP contribution in [0.5, 0.6) is 0 Å².